The minimum absolute atomic E-state index is 0.321. The van der Waals surface area contributed by atoms with Crippen LogP contribution in [0.3, 0.4) is 0 Å². The van der Waals surface area contributed by atoms with Crippen LogP contribution in [-0.2, 0) is 11.1 Å². The molecule has 0 aliphatic rings. The standard InChI is InChI=1S/C5H4N2O2S2/c8-11(9)4-3-6-5-7(4)1-2-10-5/h1-3H,(H,8,9). The van der Waals surface area contributed by atoms with Gasteiger partial charge in [0.25, 0.3) is 0 Å². The predicted octanol–water partition coefficient (Wildman–Crippen LogP) is 0.976. The smallest absolute Gasteiger partial charge is 0.205 e. The third kappa shape index (κ3) is 0.991. The van der Waals surface area contributed by atoms with E-state index in [4.69, 9.17) is 4.55 Å². The van der Waals surface area contributed by atoms with E-state index in [9.17, 15) is 4.21 Å². The van der Waals surface area contributed by atoms with Crippen LogP contribution >= 0.6 is 11.3 Å². The monoisotopic (exact) mass is 188 g/mol. The quantitative estimate of drug-likeness (QED) is 0.678. The first-order valence-corrected chi connectivity index (χ1v) is 4.79. The maximum Gasteiger partial charge on any atom is 0.205 e. The summed E-state index contributed by atoms with van der Waals surface area (Å²) < 4.78 is 21.0. The highest BCUT2D eigenvalue weighted by molar-refractivity contribution is 7.79. The van der Waals surface area contributed by atoms with Crippen molar-refractivity contribution in [2.24, 2.45) is 0 Å². The molecular formula is C5H4N2O2S2. The van der Waals surface area contributed by atoms with Crippen LogP contribution in [0.5, 0.6) is 0 Å². The van der Waals surface area contributed by atoms with Crippen molar-refractivity contribution in [2.75, 3.05) is 0 Å². The molecule has 1 unspecified atom stereocenters. The van der Waals surface area contributed by atoms with Crippen LogP contribution in [-0.4, -0.2) is 18.1 Å². The molecule has 11 heavy (non-hydrogen) atoms. The van der Waals surface area contributed by atoms with Gasteiger partial charge in [-0.1, -0.05) is 0 Å². The highest BCUT2D eigenvalue weighted by Gasteiger charge is 2.07. The number of hydrogen-bond donors (Lipinski definition) is 1. The Labute approximate surface area is 68.8 Å². The van der Waals surface area contributed by atoms with Gasteiger partial charge in [-0.3, -0.25) is 4.40 Å². The Balaban J connectivity index is 2.78. The van der Waals surface area contributed by atoms with Gasteiger partial charge in [0.05, 0.1) is 6.20 Å². The Bertz CT molecular complexity index is 405. The second-order valence-electron chi connectivity index (χ2n) is 1.90. The average Bonchev–Trinajstić information content (AvgIpc) is 2.41. The van der Waals surface area contributed by atoms with Crippen LogP contribution in [0.1, 0.15) is 0 Å². The molecule has 0 bridgehead atoms. The molecule has 1 atom stereocenters. The summed E-state index contributed by atoms with van der Waals surface area (Å²) in [6.45, 7) is 0. The van der Waals surface area contributed by atoms with Crippen LogP contribution in [0, 0.1) is 0 Å². The summed E-state index contributed by atoms with van der Waals surface area (Å²) >= 11 is -0.512. The molecule has 0 aromatic carbocycles. The Morgan fingerprint density at radius 3 is 3.27 bits per heavy atom. The molecule has 2 aromatic rings. The Kier molecular flexibility index (Phi) is 1.52. The van der Waals surface area contributed by atoms with Crippen molar-refractivity contribution in [2.45, 2.75) is 5.03 Å². The van der Waals surface area contributed by atoms with Gasteiger partial charge in [-0.2, -0.15) is 0 Å². The third-order valence-electron chi connectivity index (χ3n) is 1.29. The van der Waals surface area contributed by atoms with Crippen LogP contribution in [0.25, 0.3) is 4.96 Å². The van der Waals surface area contributed by atoms with E-state index in [2.05, 4.69) is 4.98 Å². The maximum atomic E-state index is 10.6. The molecule has 0 amide bonds. The van der Waals surface area contributed by atoms with Gasteiger partial charge in [-0.15, -0.1) is 11.3 Å². The van der Waals surface area contributed by atoms with Crippen LogP contribution < -0.4 is 0 Å². The molecular weight excluding hydrogens is 184 g/mol. The second-order valence-corrected chi connectivity index (χ2v) is 3.69. The minimum atomic E-state index is -1.94. The number of imidazole rings is 1. The van der Waals surface area contributed by atoms with Crippen molar-refractivity contribution < 1.29 is 8.76 Å². The zero-order chi connectivity index (χ0) is 7.84. The lowest BCUT2D eigenvalue weighted by Crippen LogP contribution is -1.91. The maximum absolute atomic E-state index is 10.6. The summed E-state index contributed by atoms with van der Waals surface area (Å²) in [5, 5.41) is 2.14. The van der Waals surface area contributed by atoms with E-state index in [0.717, 1.165) is 4.96 Å². The first kappa shape index (κ1) is 6.96. The van der Waals surface area contributed by atoms with Crippen LogP contribution in [0.15, 0.2) is 22.8 Å². The van der Waals surface area contributed by atoms with Crippen LogP contribution in [0.4, 0.5) is 0 Å². The SMILES string of the molecule is O=S(O)c1cnc2sccn12. The van der Waals surface area contributed by atoms with Gasteiger partial charge in [0, 0.05) is 11.6 Å². The highest BCUT2D eigenvalue weighted by Crippen LogP contribution is 2.14. The zero-order valence-corrected chi connectivity index (χ0v) is 6.93. The number of fused-ring (bicyclic) bond motifs is 1. The van der Waals surface area contributed by atoms with Crippen molar-refractivity contribution in [3.63, 3.8) is 0 Å². The van der Waals surface area contributed by atoms with Gasteiger partial charge in [0.15, 0.2) is 9.99 Å². The second kappa shape index (κ2) is 2.40. The van der Waals surface area contributed by atoms with E-state index < -0.39 is 11.1 Å². The van der Waals surface area contributed by atoms with Gasteiger partial charge in [0.1, 0.15) is 0 Å². The molecule has 4 nitrogen and oxygen atoms in total. The Hall–Kier alpha value is -0.720. The molecule has 2 heterocycles. The molecule has 2 aromatic heterocycles. The molecule has 0 saturated heterocycles. The Morgan fingerprint density at radius 2 is 2.55 bits per heavy atom. The molecule has 2 rings (SSSR count). The van der Waals surface area contributed by atoms with E-state index in [-0.39, 0.29) is 0 Å². The van der Waals surface area contributed by atoms with Crippen molar-refractivity contribution >= 4 is 27.4 Å². The number of thiazole rings is 1. The number of nitrogens with zero attached hydrogens (tertiary/aromatic N) is 2. The molecule has 1 N–H and O–H groups in total. The third-order valence-corrected chi connectivity index (χ3v) is 2.72. The van der Waals surface area contributed by atoms with Crippen molar-refractivity contribution in [3.05, 3.63) is 17.8 Å². The largest absolute Gasteiger partial charge is 0.301 e. The van der Waals surface area contributed by atoms with Gasteiger partial charge in [-0.25, -0.2) is 9.19 Å². The summed E-state index contributed by atoms with van der Waals surface area (Å²) in [6, 6.07) is 0. The zero-order valence-electron chi connectivity index (χ0n) is 5.30. The summed E-state index contributed by atoms with van der Waals surface area (Å²) in [5.41, 5.74) is 0. The van der Waals surface area contributed by atoms with E-state index in [1.54, 1.807) is 10.6 Å². The van der Waals surface area contributed by atoms with Gasteiger partial charge in [-0.05, 0) is 0 Å². The average molecular weight is 188 g/mol. The molecule has 6 heteroatoms. The summed E-state index contributed by atoms with van der Waals surface area (Å²) in [5.74, 6) is 0. The predicted molar refractivity (Wildman–Crippen MR) is 42.1 cm³/mol. The normalized spacial score (nSPS) is 13.9. The Morgan fingerprint density at radius 1 is 1.73 bits per heavy atom. The highest BCUT2D eigenvalue weighted by atomic mass is 32.2. The first-order chi connectivity index (χ1) is 5.29. The fourth-order valence-electron chi connectivity index (χ4n) is 0.835. The summed E-state index contributed by atoms with van der Waals surface area (Å²) in [6.07, 6.45) is 3.12. The van der Waals surface area contributed by atoms with E-state index in [1.807, 2.05) is 5.38 Å². The fourth-order valence-corrected chi connectivity index (χ4v) is 2.04. The van der Waals surface area contributed by atoms with Crippen molar-refractivity contribution in [1.82, 2.24) is 9.38 Å². The summed E-state index contributed by atoms with van der Waals surface area (Å²) in [4.78, 5) is 4.67. The van der Waals surface area contributed by atoms with Crippen LogP contribution in [0.2, 0.25) is 0 Å². The molecule has 0 radical (unpaired) electrons. The van der Waals surface area contributed by atoms with E-state index in [1.165, 1.54) is 17.5 Å². The first-order valence-electron chi connectivity index (χ1n) is 2.80. The number of hydrogen-bond acceptors (Lipinski definition) is 3. The number of rotatable bonds is 1. The topological polar surface area (TPSA) is 54.6 Å². The van der Waals surface area contributed by atoms with E-state index in [0.29, 0.717) is 5.03 Å². The lowest BCUT2D eigenvalue weighted by Gasteiger charge is -1.87. The molecule has 58 valence electrons. The van der Waals surface area contributed by atoms with Gasteiger partial charge in [0.2, 0.25) is 11.1 Å². The lowest BCUT2D eigenvalue weighted by molar-refractivity contribution is 0.559. The molecule has 0 aliphatic carbocycles. The molecule has 0 saturated carbocycles. The van der Waals surface area contributed by atoms with Crippen molar-refractivity contribution in [1.29, 1.82) is 0 Å². The minimum Gasteiger partial charge on any atom is -0.301 e. The fraction of sp³-hybridized carbons (Fsp3) is 0. The lowest BCUT2D eigenvalue weighted by atomic mass is 10.9. The molecule has 0 fully saturated rings. The van der Waals surface area contributed by atoms with E-state index >= 15 is 0 Å². The van der Waals surface area contributed by atoms with Crippen molar-refractivity contribution in [3.8, 4) is 0 Å². The number of aromatic nitrogens is 2. The summed E-state index contributed by atoms with van der Waals surface area (Å²) in [7, 11) is 0. The molecule has 0 aliphatic heterocycles. The van der Waals surface area contributed by atoms with Gasteiger partial charge >= 0.3 is 0 Å². The van der Waals surface area contributed by atoms with Gasteiger partial charge < -0.3 is 4.55 Å². The molecule has 0 spiro atoms.